The van der Waals surface area contributed by atoms with Crippen molar-refractivity contribution in [1.82, 2.24) is 9.62 Å². The van der Waals surface area contributed by atoms with E-state index >= 15 is 0 Å². The molecule has 1 fully saturated rings. The average molecular weight is 470 g/mol. The van der Waals surface area contributed by atoms with Gasteiger partial charge in [-0.2, -0.15) is 4.31 Å². The van der Waals surface area contributed by atoms with Crippen molar-refractivity contribution in [3.05, 3.63) is 60.2 Å². The molecule has 3 rings (SSSR count). The molecule has 12 heteroatoms. The molecule has 2 aromatic carbocycles. The van der Waals surface area contributed by atoms with Crippen LogP contribution in [0.15, 0.2) is 64.4 Å². The summed E-state index contributed by atoms with van der Waals surface area (Å²) < 4.78 is 91.4. The molecular weight excluding hydrogens is 451 g/mol. The molecule has 5 nitrogen and oxygen atoms in total. The van der Waals surface area contributed by atoms with Crippen molar-refractivity contribution in [2.24, 2.45) is 0 Å². The van der Waals surface area contributed by atoms with Crippen molar-refractivity contribution in [2.75, 3.05) is 6.54 Å². The van der Waals surface area contributed by atoms with Gasteiger partial charge in [-0.1, -0.05) is 49.8 Å². The summed E-state index contributed by atoms with van der Waals surface area (Å²) in [4.78, 5) is 10.5. The summed E-state index contributed by atoms with van der Waals surface area (Å²) in [6.07, 6.45) is 0.674. The summed E-state index contributed by atoms with van der Waals surface area (Å²) in [6, 6.07) is 9.06. The fraction of sp³-hybridized carbons (Fsp3) is 0.278. The molecule has 0 saturated carbocycles. The number of rotatable bonds is 6. The molecule has 0 unspecified atom stereocenters. The monoisotopic (exact) mass is 470 g/mol. The first-order chi connectivity index (χ1) is 13.7. The predicted molar refractivity (Wildman–Crippen MR) is 103 cm³/mol. The van der Waals surface area contributed by atoms with Crippen LogP contribution >= 0.6 is 10.2 Å². The van der Waals surface area contributed by atoms with E-state index in [2.05, 4.69) is 5.32 Å². The maximum atomic E-state index is 13.0. The van der Waals surface area contributed by atoms with Crippen LogP contribution in [0.1, 0.15) is 18.4 Å². The maximum absolute atomic E-state index is 13.0. The quantitative estimate of drug-likeness (QED) is 0.616. The van der Waals surface area contributed by atoms with Gasteiger partial charge < -0.3 is 5.32 Å². The molecule has 0 radical (unpaired) electrons. The van der Waals surface area contributed by atoms with Gasteiger partial charge in [-0.05, 0) is 42.7 Å². The van der Waals surface area contributed by atoms with Gasteiger partial charge in [0.1, 0.15) is 10.9 Å². The van der Waals surface area contributed by atoms with Crippen molar-refractivity contribution in [3.63, 3.8) is 0 Å². The van der Waals surface area contributed by atoms with Crippen molar-refractivity contribution in [1.29, 1.82) is 0 Å². The number of halogens is 5. The lowest BCUT2D eigenvalue weighted by molar-refractivity contribution is -0.124. The normalized spacial score (nSPS) is 20.4. The average Bonchev–Trinajstić information content (AvgIpc) is 3.16. The number of benzene rings is 2. The van der Waals surface area contributed by atoms with E-state index in [0.717, 1.165) is 10.4 Å². The number of hydrogen-bond donors (Lipinski definition) is 1. The second kappa shape index (κ2) is 6.92. The lowest BCUT2D eigenvalue weighted by Crippen LogP contribution is -2.45. The van der Waals surface area contributed by atoms with Gasteiger partial charge in [0.2, 0.25) is 15.9 Å². The zero-order chi connectivity index (χ0) is 22.3. The van der Waals surface area contributed by atoms with Crippen LogP contribution in [0.4, 0.5) is 19.4 Å². The van der Waals surface area contributed by atoms with Crippen molar-refractivity contribution in [3.8, 4) is 0 Å². The maximum Gasteiger partial charge on any atom is 0.310 e. The van der Waals surface area contributed by atoms with E-state index in [-0.39, 0.29) is 35.6 Å². The van der Waals surface area contributed by atoms with Crippen LogP contribution in [0.3, 0.4) is 0 Å². The molecule has 0 aliphatic carbocycles. The first kappa shape index (κ1) is 22.5. The largest absolute Gasteiger partial charge is 0.351 e. The third-order valence-electron chi connectivity index (χ3n) is 4.67. The second-order valence-corrected chi connectivity index (χ2v) is 11.2. The highest BCUT2D eigenvalue weighted by Gasteiger charge is 2.65. The number of nitrogens with one attached hydrogen (secondary N) is 1. The van der Waals surface area contributed by atoms with Crippen LogP contribution < -0.4 is 5.32 Å². The SMILES string of the molecule is O=C(NCc1cccc(S(F)(F)(F)(F)F)c1)[C@@H]1CCCN1S(=O)(=O)c1ccccc1. The summed E-state index contributed by atoms with van der Waals surface area (Å²) in [5.41, 5.74) is -0.176. The van der Waals surface area contributed by atoms with Crippen molar-refractivity contribution >= 4 is 26.2 Å². The second-order valence-electron chi connectivity index (χ2n) is 6.92. The molecule has 1 atom stereocenters. The number of hydrogen-bond acceptors (Lipinski definition) is 3. The van der Waals surface area contributed by atoms with Crippen molar-refractivity contribution in [2.45, 2.75) is 35.2 Å². The molecule has 0 bridgehead atoms. The number of nitrogens with zero attached hydrogens (tertiary/aromatic N) is 1. The number of carbonyl (C=O) groups excluding carboxylic acids is 1. The summed E-state index contributed by atoms with van der Waals surface area (Å²) in [6.45, 7) is -0.328. The molecule has 30 heavy (non-hydrogen) atoms. The molecule has 1 heterocycles. The Morgan fingerprint density at radius 2 is 1.70 bits per heavy atom. The lowest BCUT2D eigenvalue weighted by Gasteiger charge is -2.40. The van der Waals surface area contributed by atoms with Gasteiger partial charge in [-0.15, -0.1) is 0 Å². The molecular formula is C18H19F5N2O3S2. The zero-order valence-electron chi connectivity index (χ0n) is 15.5. The molecule has 2 aromatic rings. The molecule has 0 aromatic heterocycles. The Kier molecular flexibility index (Phi) is 5.19. The Morgan fingerprint density at radius 1 is 1.03 bits per heavy atom. The van der Waals surface area contributed by atoms with Gasteiger partial charge in [-0.3, -0.25) is 4.79 Å². The molecule has 1 amide bonds. The molecule has 1 saturated heterocycles. The van der Waals surface area contributed by atoms with Crippen molar-refractivity contribution < 1.29 is 32.6 Å². The molecule has 1 N–H and O–H groups in total. The number of sulfonamides is 1. The van der Waals surface area contributed by atoms with Crippen LogP contribution in [0, 0.1) is 0 Å². The minimum atomic E-state index is -9.83. The Balaban J connectivity index is 1.74. The summed E-state index contributed by atoms with van der Waals surface area (Å²) in [5, 5.41) is 2.35. The number of carbonyl (C=O) groups is 1. The molecule has 1 aliphatic heterocycles. The van der Waals surface area contributed by atoms with E-state index in [4.69, 9.17) is 0 Å². The zero-order valence-corrected chi connectivity index (χ0v) is 17.1. The first-order valence-electron chi connectivity index (χ1n) is 8.86. The van der Waals surface area contributed by atoms with E-state index in [1.807, 2.05) is 0 Å². The van der Waals surface area contributed by atoms with E-state index in [0.29, 0.717) is 6.42 Å². The van der Waals surface area contributed by atoms with Gasteiger partial charge >= 0.3 is 10.2 Å². The van der Waals surface area contributed by atoms with E-state index in [1.54, 1.807) is 18.2 Å². The first-order valence-corrected chi connectivity index (χ1v) is 12.3. The topological polar surface area (TPSA) is 66.5 Å². The molecule has 0 spiro atoms. The Morgan fingerprint density at radius 3 is 2.33 bits per heavy atom. The highest BCUT2D eigenvalue weighted by atomic mass is 32.5. The standard InChI is InChI=1S/C18H19F5N2O3S2/c19-30(20,21,22,23)16-9-4-6-14(12-16)13-24-18(26)17-10-5-11-25(17)29(27,28)15-7-2-1-3-8-15/h1-4,6-9,12,17H,5,10-11,13H2,(H,24,26)/t17-/m0/s1. The number of amides is 1. The van der Waals surface area contributed by atoms with Crippen LogP contribution in [-0.2, 0) is 21.4 Å². The predicted octanol–water partition coefficient (Wildman–Crippen LogP) is 4.81. The fourth-order valence-corrected chi connectivity index (χ4v) is 5.61. The van der Waals surface area contributed by atoms with Crippen LogP contribution in [0.2, 0.25) is 0 Å². The lowest BCUT2D eigenvalue weighted by atomic mass is 10.2. The third kappa shape index (κ3) is 4.93. The fourth-order valence-electron chi connectivity index (χ4n) is 3.22. The van der Waals surface area contributed by atoms with E-state index in [9.17, 15) is 32.6 Å². The molecule has 166 valence electrons. The van der Waals surface area contributed by atoms with E-state index < -0.39 is 43.6 Å². The van der Waals surface area contributed by atoms with Crippen LogP contribution in [-0.4, -0.2) is 31.2 Å². The highest BCUT2D eigenvalue weighted by Crippen LogP contribution is 3.02. The van der Waals surface area contributed by atoms with Gasteiger partial charge in [0.05, 0.1) is 4.90 Å². The summed E-state index contributed by atoms with van der Waals surface area (Å²) >= 11 is 0. The molecule has 1 aliphatic rings. The van der Waals surface area contributed by atoms with Crippen LogP contribution in [0.25, 0.3) is 0 Å². The smallest absolute Gasteiger partial charge is 0.310 e. The van der Waals surface area contributed by atoms with Gasteiger partial charge in [-0.25, -0.2) is 8.42 Å². The van der Waals surface area contributed by atoms with Gasteiger partial charge in [0, 0.05) is 13.1 Å². The Bertz CT molecular complexity index is 1060. The Labute approximate surface area is 170 Å². The van der Waals surface area contributed by atoms with E-state index in [1.165, 1.54) is 18.2 Å². The van der Waals surface area contributed by atoms with Crippen LogP contribution in [0.5, 0.6) is 0 Å². The van der Waals surface area contributed by atoms with Gasteiger partial charge in [0.15, 0.2) is 0 Å². The highest BCUT2D eigenvalue weighted by molar-refractivity contribution is 8.45. The summed E-state index contributed by atoms with van der Waals surface area (Å²) in [5.74, 6) is -0.704. The third-order valence-corrected chi connectivity index (χ3v) is 7.73. The van der Waals surface area contributed by atoms with Gasteiger partial charge in [0.25, 0.3) is 0 Å². The summed E-state index contributed by atoms with van der Waals surface area (Å²) in [7, 11) is -13.8. The minimum absolute atomic E-state index is 0.0216. The minimum Gasteiger partial charge on any atom is -0.351 e. The Hall–Kier alpha value is -2.18.